The van der Waals surface area contributed by atoms with E-state index in [1.165, 1.54) is 0 Å². The highest BCUT2D eigenvalue weighted by atomic mass is 16.5. The first-order valence-corrected chi connectivity index (χ1v) is 7.39. The highest BCUT2D eigenvalue weighted by Gasteiger charge is 2.13. The summed E-state index contributed by atoms with van der Waals surface area (Å²) in [7, 11) is 0. The van der Waals surface area contributed by atoms with Gasteiger partial charge in [-0.25, -0.2) is 0 Å². The van der Waals surface area contributed by atoms with Crippen LogP contribution in [0.1, 0.15) is 34.6 Å². The number of nitrogen functional groups attached to an aromatic ring is 1. The van der Waals surface area contributed by atoms with Crippen molar-refractivity contribution in [1.82, 2.24) is 5.32 Å². The molecule has 0 bridgehead atoms. The molecule has 0 radical (unpaired) electrons. The summed E-state index contributed by atoms with van der Waals surface area (Å²) in [6.45, 7) is 10.5. The minimum absolute atomic E-state index is 0.0301. The zero-order valence-corrected chi connectivity index (χ0v) is 13.6. The molecule has 0 heterocycles. The van der Waals surface area contributed by atoms with Crippen LogP contribution in [-0.2, 0) is 4.79 Å². The fourth-order valence-corrected chi connectivity index (χ4v) is 1.82. The molecule has 0 fully saturated rings. The van der Waals surface area contributed by atoms with Crippen LogP contribution >= 0.6 is 0 Å². The molecule has 118 valence electrons. The largest absolute Gasteiger partial charge is 0.491 e. The maximum absolute atomic E-state index is 12.0. The van der Waals surface area contributed by atoms with Gasteiger partial charge in [0, 0.05) is 30.1 Å². The number of ether oxygens (including phenoxy) is 1. The topological polar surface area (TPSA) is 76.4 Å². The number of amides is 1. The van der Waals surface area contributed by atoms with E-state index < -0.39 is 0 Å². The van der Waals surface area contributed by atoms with Crippen LogP contribution < -0.4 is 21.1 Å². The van der Waals surface area contributed by atoms with Gasteiger partial charge in [0.15, 0.2) is 0 Å². The summed E-state index contributed by atoms with van der Waals surface area (Å²) in [6.07, 6.45) is 0.0754. The molecule has 5 nitrogen and oxygen atoms in total. The lowest BCUT2D eigenvalue weighted by molar-refractivity contribution is -0.121. The highest BCUT2D eigenvalue weighted by Crippen LogP contribution is 2.24. The van der Waals surface area contributed by atoms with Crippen molar-refractivity contribution in [3.8, 4) is 5.75 Å². The summed E-state index contributed by atoms with van der Waals surface area (Å²) in [6, 6.07) is 5.08. The second-order valence-corrected chi connectivity index (χ2v) is 5.96. The number of rotatable bonds is 7. The fourth-order valence-electron chi connectivity index (χ4n) is 1.82. The van der Waals surface area contributed by atoms with Gasteiger partial charge in [-0.1, -0.05) is 13.8 Å². The van der Waals surface area contributed by atoms with E-state index in [1.807, 2.05) is 26.8 Å². The molecule has 1 aromatic rings. The van der Waals surface area contributed by atoms with Gasteiger partial charge in [-0.05, 0) is 32.8 Å². The molecule has 0 aromatic heterocycles. The van der Waals surface area contributed by atoms with Gasteiger partial charge >= 0.3 is 0 Å². The van der Waals surface area contributed by atoms with E-state index in [0.717, 1.165) is 5.69 Å². The van der Waals surface area contributed by atoms with Crippen LogP contribution in [0.5, 0.6) is 5.75 Å². The van der Waals surface area contributed by atoms with Crippen molar-refractivity contribution in [1.29, 1.82) is 0 Å². The van der Waals surface area contributed by atoms with Crippen molar-refractivity contribution in [2.24, 2.45) is 5.92 Å². The number of hydrogen-bond acceptors (Lipinski definition) is 4. The predicted octanol–water partition coefficient (Wildman–Crippen LogP) is 2.63. The molecular formula is C16H27N3O2. The van der Waals surface area contributed by atoms with Crippen LogP contribution in [0.15, 0.2) is 18.2 Å². The Morgan fingerprint density at radius 2 is 1.86 bits per heavy atom. The van der Waals surface area contributed by atoms with Crippen molar-refractivity contribution in [2.45, 2.75) is 46.8 Å². The SMILES string of the molecule is CC(C)CNC(=O)C(C)Nc1cc(N)cc(OC(C)C)c1. The molecule has 0 aliphatic rings. The molecular weight excluding hydrogens is 266 g/mol. The monoisotopic (exact) mass is 293 g/mol. The standard InChI is InChI=1S/C16H27N3O2/c1-10(2)9-18-16(20)12(5)19-14-6-13(17)7-15(8-14)21-11(3)4/h6-8,10-12,19H,9,17H2,1-5H3,(H,18,20). The molecule has 5 heteroatoms. The molecule has 4 N–H and O–H groups in total. The van der Waals surface area contributed by atoms with Gasteiger partial charge in [-0.15, -0.1) is 0 Å². The van der Waals surface area contributed by atoms with Crippen LogP contribution in [-0.4, -0.2) is 24.6 Å². The van der Waals surface area contributed by atoms with Gasteiger partial charge in [0.1, 0.15) is 11.8 Å². The summed E-state index contributed by atoms with van der Waals surface area (Å²) < 4.78 is 5.64. The summed E-state index contributed by atoms with van der Waals surface area (Å²) in [5, 5.41) is 6.05. The molecule has 0 saturated carbocycles. The van der Waals surface area contributed by atoms with Crippen molar-refractivity contribution < 1.29 is 9.53 Å². The first-order valence-electron chi connectivity index (χ1n) is 7.39. The number of benzene rings is 1. The Hall–Kier alpha value is -1.91. The van der Waals surface area contributed by atoms with E-state index in [2.05, 4.69) is 24.5 Å². The van der Waals surface area contributed by atoms with Crippen molar-refractivity contribution in [3.63, 3.8) is 0 Å². The lowest BCUT2D eigenvalue weighted by Crippen LogP contribution is -2.39. The number of nitrogens with one attached hydrogen (secondary N) is 2. The fraction of sp³-hybridized carbons (Fsp3) is 0.562. The Bertz CT molecular complexity index is 473. The van der Waals surface area contributed by atoms with Gasteiger partial charge in [-0.2, -0.15) is 0 Å². The molecule has 0 aliphatic heterocycles. The van der Waals surface area contributed by atoms with Gasteiger partial charge in [0.25, 0.3) is 0 Å². The predicted molar refractivity (Wildman–Crippen MR) is 87.6 cm³/mol. The lowest BCUT2D eigenvalue weighted by Gasteiger charge is -2.18. The zero-order chi connectivity index (χ0) is 16.0. The maximum atomic E-state index is 12.0. The first kappa shape index (κ1) is 17.1. The second-order valence-electron chi connectivity index (χ2n) is 5.96. The third-order valence-corrected chi connectivity index (χ3v) is 2.76. The number of nitrogens with two attached hydrogens (primary N) is 1. The maximum Gasteiger partial charge on any atom is 0.242 e. The van der Waals surface area contributed by atoms with Gasteiger partial charge in [0.2, 0.25) is 5.91 Å². The van der Waals surface area contributed by atoms with Gasteiger partial charge in [-0.3, -0.25) is 4.79 Å². The summed E-state index contributed by atoms with van der Waals surface area (Å²) in [5.74, 6) is 1.10. The number of anilines is 2. The number of carbonyl (C=O) groups is 1. The summed E-state index contributed by atoms with van der Waals surface area (Å²) in [5.41, 5.74) is 7.24. The molecule has 0 spiro atoms. The second kappa shape index (κ2) is 7.76. The zero-order valence-electron chi connectivity index (χ0n) is 13.6. The average Bonchev–Trinajstić information content (AvgIpc) is 2.33. The van der Waals surface area contributed by atoms with Crippen LogP contribution in [0, 0.1) is 5.92 Å². The van der Waals surface area contributed by atoms with Crippen LogP contribution in [0.4, 0.5) is 11.4 Å². The van der Waals surface area contributed by atoms with Gasteiger partial charge in [0.05, 0.1) is 6.10 Å². The van der Waals surface area contributed by atoms with E-state index in [4.69, 9.17) is 10.5 Å². The number of hydrogen-bond donors (Lipinski definition) is 3. The molecule has 1 amide bonds. The Balaban J connectivity index is 2.68. The van der Waals surface area contributed by atoms with Crippen molar-refractivity contribution in [3.05, 3.63) is 18.2 Å². The van der Waals surface area contributed by atoms with Crippen molar-refractivity contribution >= 4 is 17.3 Å². The third kappa shape index (κ3) is 6.38. The molecule has 0 saturated heterocycles. The highest BCUT2D eigenvalue weighted by molar-refractivity contribution is 5.84. The van der Waals surface area contributed by atoms with Crippen LogP contribution in [0.2, 0.25) is 0 Å². The Labute approximate surface area is 127 Å². The smallest absolute Gasteiger partial charge is 0.242 e. The average molecular weight is 293 g/mol. The third-order valence-electron chi connectivity index (χ3n) is 2.76. The molecule has 21 heavy (non-hydrogen) atoms. The minimum atomic E-state index is -0.336. The van der Waals surface area contributed by atoms with Crippen molar-refractivity contribution in [2.75, 3.05) is 17.6 Å². The van der Waals surface area contributed by atoms with Crippen LogP contribution in [0.25, 0.3) is 0 Å². The van der Waals surface area contributed by atoms with Crippen LogP contribution in [0.3, 0.4) is 0 Å². The Kier molecular flexibility index (Phi) is 6.34. The van der Waals surface area contributed by atoms with E-state index in [1.54, 1.807) is 12.1 Å². The lowest BCUT2D eigenvalue weighted by atomic mass is 10.2. The molecule has 1 unspecified atom stereocenters. The quantitative estimate of drug-likeness (QED) is 0.675. The minimum Gasteiger partial charge on any atom is -0.491 e. The van der Waals surface area contributed by atoms with E-state index in [0.29, 0.717) is 23.9 Å². The molecule has 1 aromatic carbocycles. The Morgan fingerprint density at radius 3 is 2.43 bits per heavy atom. The van der Waals surface area contributed by atoms with E-state index in [9.17, 15) is 4.79 Å². The van der Waals surface area contributed by atoms with Gasteiger partial charge < -0.3 is 21.1 Å². The van der Waals surface area contributed by atoms with E-state index in [-0.39, 0.29) is 18.1 Å². The summed E-state index contributed by atoms with van der Waals surface area (Å²) >= 11 is 0. The molecule has 1 atom stereocenters. The normalized spacial score (nSPS) is 12.3. The number of carbonyl (C=O) groups excluding carboxylic acids is 1. The molecule has 0 aliphatic carbocycles. The Morgan fingerprint density at radius 1 is 1.19 bits per heavy atom. The van der Waals surface area contributed by atoms with E-state index >= 15 is 0 Å². The summed E-state index contributed by atoms with van der Waals surface area (Å²) in [4.78, 5) is 12.0. The molecule has 1 rings (SSSR count). The first-order chi connectivity index (χ1) is 9.77.